The number of rotatable bonds is 3. The summed E-state index contributed by atoms with van der Waals surface area (Å²) in [5.41, 5.74) is 5.86. The molecule has 0 aliphatic rings. The highest BCUT2D eigenvalue weighted by atomic mass is 19.1. The molecule has 0 saturated carbocycles. The largest absolute Gasteiger partial charge is 0.496 e. The van der Waals surface area contributed by atoms with Crippen LogP contribution >= 0.6 is 0 Å². The fourth-order valence-corrected chi connectivity index (χ4v) is 1.28. The lowest BCUT2D eigenvalue weighted by atomic mass is 10.1. The minimum Gasteiger partial charge on any atom is -0.496 e. The average Bonchev–Trinajstić information content (AvgIpc) is 2.08. The van der Waals surface area contributed by atoms with E-state index in [4.69, 9.17) is 10.5 Å². The molecule has 14 heavy (non-hydrogen) atoms. The topological polar surface area (TPSA) is 35.2 Å². The Hall–Kier alpha value is -1.16. The third kappa shape index (κ3) is 2.42. The van der Waals surface area contributed by atoms with Gasteiger partial charge in [0, 0.05) is 23.7 Å². The molecule has 0 aromatic heterocycles. The van der Waals surface area contributed by atoms with Crippen LogP contribution in [0.4, 0.5) is 8.78 Å². The molecule has 0 aliphatic heterocycles. The predicted octanol–water partition coefficient (Wildman–Crippen LogP) is 1.86. The molecule has 1 aromatic rings. The van der Waals surface area contributed by atoms with Crippen LogP contribution < -0.4 is 10.5 Å². The van der Waals surface area contributed by atoms with Gasteiger partial charge in [-0.2, -0.15) is 0 Å². The van der Waals surface area contributed by atoms with Crippen molar-refractivity contribution in [1.29, 1.82) is 0 Å². The van der Waals surface area contributed by atoms with Crippen LogP contribution in [0.15, 0.2) is 12.1 Å². The van der Waals surface area contributed by atoms with Gasteiger partial charge in [-0.1, -0.05) is 0 Å². The van der Waals surface area contributed by atoms with Crippen molar-refractivity contribution in [3.8, 4) is 5.75 Å². The summed E-state index contributed by atoms with van der Waals surface area (Å²) >= 11 is 0. The molecule has 1 rings (SSSR count). The Labute approximate surface area is 81.7 Å². The van der Waals surface area contributed by atoms with Crippen LogP contribution in [0.5, 0.6) is 5.75 Å². The molecule has 0 fully saturated rings. The molecule has 2 nitrogen and oxygen atoms in total. The fraction of sp³-hybridized carbons (Fsp3) is 0.400. The molecule has 1 aromatic carbocycles. The van der Waals surface area contributed by atoms with E-state index in [0.717, 1.165) is 12.1 Å². The number of ether oxygens (including phenoxy) is 1. The van der Waals surface area contributed by atoms with Gasteiger partial charge in [0.2, 0.25) is 0 Å². The fourth-order valence-electron chi connectivity index (χ4n) is 1.28. The summed E-state index contributed by atoms with van der Waals surface area (Å²) in [6, 6.07) is 1.80. The molecule has 0 bridgehead atoms. The van der Waals surface area contributed by atoms with Crippen LogP contribution in [0.25, 0.3) is 0 Å². The van der Waals surface area contributed by atoms with Crippen molar-refractivity contribution in [2.24, 2.45) is 5.73 Å². The molecule has 2 N–H and O–H groups in total. The maximum Gasteiger partial charge on any atom is 0.133 e. The van der Waals surface area contributed by atoms with Crippen LogP contribution in [-0.4, -0.2) is 13.2 Å². The lowest BCUT2D eigenvalue weighted by Gasteiger charge is -2.11. The molecule has 1 atom stereocenters. The second-order valence-corrected chi connectivity index (χ2v) is 3.25. The normalized spacial score (nSPS) is 12.6. The molecule has 0 heterocycles. The maximum absolute atomic E-state index is 13.3. The summed E-state index contributed by atoms with van der Waals surface area (Å²) in [6.45, 7) is 1.75. The van der Waals surface area contributed by atoms with E-state index in [2.05, 4.69) is 0 Å². The minimum absolute atomic E-state index is 0.191. The first kappa shape index (κ1) is 10.9. The second-order valence-electron chi connectivity index (χ2n) is 3.25. The highest BCUT2D eigenvalue weighted by Gasteiger charge is 2.13. The van der Waals surface area contributed by atoms with Gasteiger partial charge in [-0.25, -0.2) is 8.78 Å². The Morgan fingerprint density at radius 2 is 2.07 bits per heavy atom. The molecular formula is C10H13F2NO. The smallest absolute Gasteiger partial charge is 0.133 e. The molecule has 4 heteroatoms. The number of benzene rings is 1. The first-order valence-electron chi connectivity index (χ1n) is 4.32. The lowest BCUT2D eigenvalue weighted by Crippen LogP contribution is -2.19. The van der Waals surface area contributed by atoms with Crippen molar-refractivity contribution in [2.45, 2.75) is 19.4 Å². The van der Waals surface area contributed by atoms with Gasteiger partial charge in [0.1, 0.15) is 17.4 Å². The molecule has 0 radical (unpaired) electrons. The summed E-state index contributed by atoms with van der Waals surface area (Å²) in [5.74, 6) is -1.05. The predicted molar refractivity (Wildman–Crippen MR) is 50.3 cm³/mol. The third-order valence-electron chi connectivity index (χ3n) is 1.87. The van der Waals surface area contributed by atoms with Gasteiger partial charge < -0.3 is 10.5 Å². The average molecular weight is 201 g/mol. The van der Waals surface area contributed by atoms with Crippen LogP contribution in [0.1, 0.15) is 12.5 Å². The number of hydrogen-bond acceptors (Lipinski definition) is 2. The Morgan fingerprint density at radius 3 is 2.57 bits per heavy atom. The van der Waals surface area contributed by atoms with Crippen molar-refractivity contribution in [1.82, 2.24) is 0 Å². The monoisotopic (exact) mass is 201 g/mol. The SMILES string of the molecule is COc1cc(F)cc(F)c1C[C@H](C)N. The Kier molecular flexibility index (Phi) is 3.41. The van der Waals surface area contributed by atoms with E-state index >= 15 is 0 Å². The number of nitrogens with two attached hydrogens (primary N) is 1. The van der Waals surface area contributed by atoms with Gasteiger partial charge in [-0.15, -0.1) is 0 Å². The van der Waals surface area contributed by atoms with Gasteiger partial charge in [0.05, 0.1) is 7.11 Å². The van der Waals surface area contributed by atoms with E-state index in [0.29, 0.717) is 12.0 Å². The van der Waals surface area contributed by atoms with E-state index in [9.17, 15) is 8.78 Å². The van der Waals surface area contributed by atoms with Crippen molar-refractivity contribution in [2.75, 3.05) is 7.11 Å². The van der Waals surface area contributed by atoms with E-state index in [-0.39, 0.29) is 11.8 Å². The van der Waals surface area contributed by atoms with Gasteiger partial charge in [-0.05, 0) is 13.3 Å². The quantitative estimate of drug-likeness (QED) is 0.810. The minimum atomic E-state index is -0.646. The zero-order chi connectivity index (χ0) is 10.7. The number of halogens is 2. The van der Waals surface area contributed by atoms with Gasteiger partial charge in [0.25, 0.3) is 0 Å². The number of hydrogen-bond donors (Lipinski definition) is 1. The van der Waals surface area contributed by atoms with Gasteiger partial charge in [0.15, 0.2) is 0 Å². The molecule has 0 spiro atoms. The summed E-state index contributed by atoms with van der Waals surface area (Å²) in [5, 5.41) is 0. The molecule has 78 valence electrons. The zero-order valence-corrected chi connectivity index (χ0v) is 8.18. The van der Waals surface area contributed by atoms with Crippen molar-refractivity contribution in [3.63, 3.8) is 0 Å². The summed E-state index contributed by atoms with van der Waals surface area (Å²) < 4.78 is 30.9. The molecule has 0 amide bonds. The van der Waals surface area contributed by atoms with Crippen LogP contribution in [0, 0.1) is 11.6 Å². The first-order chi connectivity index (χ1) is 6.54. The van der Waals surface area contributed by atoms with Crippen LogP contribution in [0.3, 0.4) is 0 Å². The lowest BCUT2D eigenvalue weighted by molar-refractivity contribution is 0.398. The molecule has 0 unspecified atom stereocenters. The van der Waals surface area contributed by atoms with Crippen LogP contribution in [-0.2, 0) is 6.42 Å². The zero-order valence-electron chi connectivity index (χ0n) is 8.18. The third-order valence-corrected chi connectivity index (χ3v) is 1.87. The van der Waals surface area contributed by atoms with Crippen LogP contribution in [0.2, 0.25) is 0 Å². The standard InChI is InChI=1S/C10H13F2NO/c1-6(13)3-8-9(12)4-7(11)5-10(8)14-2/h4-6H,3,13H2,1-2H3/t6-/m0/s1. The Morgan fingerprint density at radius 1 is 1.43 bits per heavy atom. The first-order valence-corrected chi connectivity index (χ1v) is 4.32. The van der Waals surface area contributed by atoms with Crippen molar-refractivity contribution >= 4 is 0 Å². The summed E-state index contributed by atoms with van der Waals surface area (Å²) in [4.78, 5) is 0. The second kappa shape index (κ2) is 4.37. The molecule has 0 saturated heterocycles. The van der Waals surface area contributed by atoms with E-state index in [1.54, 1.807) is 6.92 Å². The van der Waals surface area contributed by atoms with Gasteiger partial charge in [-0.3, -0.25) is 0 Å². The van der Waals surface area contributed by atoms with E-state index in [1.807, 2.05) is 0 Å². The highest BCUT2D eigenvalue weighted by molar-refractivity contribution is 5.35. The van der Waals surface area contributed by atoms with E-state index < -0.39 is 11.6 Å². The van der Waals surface area contributed by atoms with E-state index in [1.165, 1.54) is 7.11 Å². The maximum atomic E-state index is 13.3. The van der Waals surface area contributed by atoms with Gasteiger partial charge >= 0.3 is 0 Å². The van der Waals surface area contributed by atoms with Crippen molar-refractivity contribution < 1.29 is 13.5 Å². The summed E-state index contributed by atoms with van der Waals surface area (Å²) in [7, 11) is 1.37. The molecular weight excluding hydrogens is 188 g/mol. The molecule has 0 aliphatic carbocycles. The Bertz CT molecular complexity index is 326. The van der Waals surface area contributed by atoms with Crippen molar-refractivity contribution in [3.05, 3.63) is 29.3 Å². The Balaban J connectivity index is 3.11. The highest BCUT2D eigenvalue weighted by Crippen LogP contribution is 2.24. The summed E-state index contributed by atoms with van der Waals surface area (Å²) in [6.07, 6.45) is 0.329. The number of methoxy groups -OCH3 is 1.